The van der Waals surface area contributed by atoms with Gasteiger partial charge in [0.1, 0.15) is 0 Å². The summed E-state index contributed by atoms with van der Waals surface area (Å²) in [6.45, 7) is 3.59. The van der Waals surface area contributed by atoms with E-state index in [2.05, 4.69) is 43.3 Å². The zero-order valence-electron chi connectivity index (χ0n) is 16.9. The van der Waals surface area contributed by atoms with Gasteiger partial charge >= 0.3 is 0 Å². The molecule has 4 aromatic rings. The molecule has 0 aliphatic rings. The largest absolute Gasteiger partial charge is 0.373 e. The Balaban J connectivity index is 1.71. The van der Waals surface area contributed by atoms with Gasteiger partial charge in [-0.25, -0.2) is 0 Å². The Bertz CT molecular complexity index is 1180. The third kappa shape index (κ3) is 4.30. The van der Waals surface area contributed by atoms with Crippen molar-refractivity contribution in [2.24, 2.45) is 0 Å². The normalized spacial score (nSPS) is 10.9. The molecule has 30 heavy (non-hydrogen) atoms. The molecule has 0 aliphatic heterocycles. The van der Waals surface area contributed by atoms with E-state index in [1.807, 2.05) is 55.6 Å². The number of hydrogen-bond donors (Lipinski definition) is 0. The number of nitrogens with zero attached hydrogens (tertiary/aromatic N) is 5. The highest BCUT2D eigenvalue weighted by Gasteiger charge is 2.14. The molecular formula is C23H22ClN5S. The van der Waals surface area contributed by atoms with E-state index in [0.717, 1.165) is 46.2 Å². The molecule has 7 heteroatoms. The fourth-order valence-electron chi connectivity index (χ4n) is 3.28. The summed E-state index contributed by atoms with van der Waals surface area (Å²) in [5.41, 5.74) is 5.03. The number of hydrogen-bond acceptors (Lipinski definition) is 4. The predicted octanol–water partition coefficient (Wildman–Crippen LogP) is 5.56. The van der Waals surface area contributed by atoms with E-state index in [-0.39, 0.29) is 0 Å². The van der Waals surface area contributed by atoms with Gasteiger partial charge in [0.2, 0.25) is 0 Å². The second kappa shape index (κ2) is 8.81. The number of benzene rings is 1. The van der Waals surface area contributed by atoms with Crippen LogP contribution >= 0.6 is 23.8 Å². The van der Waals surface area contributed by atoms with Crippen LogP contribution in [0.4, 0.5) is 5.69 Å². The van der Waals surface area contributed by atoms with Gasteiger partial charge in [-0.1, -0.05) is 17.7 Å². The molecule has 152 valence electrons. The van der Waals surface area contributed by atoms with Crippen molar-refractivity contribution in [1.29, 1.82) is 0 Å². The molecule has 0 aliphatic carbocycles. The van der Waals surface area contributed by atoms with Crippen molar-refractivity contribution >= 4 is 29.5 Å². The fourth-order valence-corrected chi connectivity index (χ4v) is 3.75. The molecular weight excluding hydrogens is 414 g/mol. The molecule has 5 nitrogen and oxygen atoms in total. The highest BCUT2D eigenvalue weighted by molar-refractivity contribution is 7.71. The lowest BCUT2D eigenvalue weighted by molar-refractivity contribution is 0.669. The van der Waals surface area contributed by atoms with Crippen LogP contribution in [0.5, 0.6) is 0 Å². The number of rotatable bonds is 6. The minimum Gasteiger partial charge on any atom is -0.373 e. The van der Waals surface area contributed by atoms with Gasteiger partial charge < -0.3 is 9.47 Å². The summed E-state index contributed by atoms with van der Waals surface area (Å²) in [4.78, 5) is 10.9. The first-order chi connectivity index (χ1) is 14.5. The minimum absolute atomic E-state index is 0.693. The maximum Gasteiger partial charge on any atom is 0.185 e. The molecule has 3 heterocycles. The molecule has 0 saturated heterocycles. The summed E-state index contributed by atoms with van der Waals surface area (Å²) >= 11 is 12.0. The molecule has 1 aromatic carbocycles. The Morgan fingerprint density at radius 3 is 2.43 bits per heavy atom. The van der Waals surface area contributed by atoms with E-state index < -0.39 is 0 Å². The Kier molecular flexibility index (Phi) is 5.97. The summed E-state index contributed by atoms with van der Waals surface area (Å²) < 4.78 is 4.87. The van der Waals surface area contributed by atoms with Crippen molar-refractivity contribution < 1.29 is 0 Å². The number of aryl methyl sites for hydroxylation is 1. The number of halogens is 1. The lowest BCUT2D eigenvalue weighted by Gasteiger charge is -2.19. The summed E-state index contributed by atoms with van der Waals surface area (Å²) in [6, 6.07) is 15.8. The number of aromatic nitrogens is 4. The third-order valence-electron chi connectivity index (χ3n) is 4.99. The van der Waals surface area contributed by atoms with Crippen molar-refractivity contribution in [1.82, 2.24) is 19.1 Å². The Hall–Kier alpha value is -2.96. The third-order valence-corrected chi connectivity index (χ3v) is 5.66. The molecule has 0 N–H and O–H groups in total. The maximum absolute atomic E-state index is 6.10. The van der Waals surface area contributed by atoms with Gasteiger partial charge in [0.25, 0.3) is 0 Å². The average Bonchev–Trinajstić information content (AvgIpc) is 3.10. The number of anilines is 1. The molecule has 4 rings (SSSR count). The quantitative estimate of drug-likeness (QED) is 0.371. The Labute approximate surface area is 186 Å². The first-order valence-corrected chi connectivity index (χ1v) is 10.4. The highest BCUT2D eigenvalue weighted by atomic mass is 35.5. The fraction of sp³-hybridized carbons (Fsp3) is 0.174. The van der Waals surface area contributed by atoms with Crippen LogP contribution in [0.1, 0.15) is 5.56 Å². The van der Waals surface area contributed by atoms with Gasteiger partial charge in [-0.2, -0.15) is 0 Å². The van der Waals surface area contributed by atoms with Crippen molar-refractivity contribution in [3.8, 4) is 17.1 Å². The van der Waals surface area contributed by atoms with Crippen LogP contribution in [-0.2, 0) is 6.54 Å². The Morgan fingerprint density at radius 2 is 1.77 bits per heavy atom. The molecule has 0 saturated carbocycles. The molecule has 0 spiro atoms. The summed E-state index contributed by atoms with van der Waals surface area (Å²) in [5.74, 6) is 0. The lowest BCUT2D eigenvalue weighted by atomic mass is 10.2. The van der Waals surface area contributed by atoms with Gasteiger partial charge in [-0.05, 0) is 67.2 Å². The lowest BCUT2D eigenvalue weighted by Crippen LogP contribution is -2.22. The Morgan fingerprint density at radius 1 is 1.03 bits per heavy atom. The molecule has 0 fully saturated rings. The van der Waals surface area contributed by atoms with E-state index in [1.54, 1.807) is 12.4 Å². The molecule has 0 radical (unpaired) electrons. The van der Waals surface area contributed by atoms with Gasteiger partial charge in [-0.3, -0.25) is 14.5 Å². The van der Waals surface area contributed by atoms with Gasteiger partial charge in [-0.15, -0.1) is 0 Å². The van der Waals surface area contributed by atoms with Crippen LogP contribution in [0.15, 0.2) is 73.3 Å². The average molecular weight is 436 g/mol. The first kappa shape index (κ1) is 20.3. The zero-order valence-corrected chi connectivity index (χ0v) is 18.4. The van der Waals surface area contributed by atoms with E-state index in [9.17, 15) is 0 Å². The number of imidazole rings is 1. The molecule has 0 unspecified atom stereocenters. The molecule has 0 bridgehead atoms. The van der Waals surface area contributed by atoms with Crippen molar-refractivity contribution in [2.45, 2.75) is 13.5 Å². The van der Waals surface area contributed by atoms with E-state index in [0.29, 0.717) is 5.02 Å². The standard InChI is InChI=1S/C23H22ClN5S/c1-17-3-8-21(26-15-17)22-16-28(14-13-27(2)19-9-11-25-12-10-19)23(30)29(22)20-6-4-18(24)5-7-20/h3-12,15-16H,13-14H2,1-2H3. The van der Waals surface area contributed by atoms with Crippen LogP contribution in [0.3, 0.4) is 0 Å². The zero-order chi connectivity index (χ0) is 21.1. The van der Waals surface area contributed by atoms with Crippen LogP contribution < -0.4 is 4.90 Å². The van der Waals surface area contributed by atoms with E-state index in [4.69, 9.17) is 23.8 Å². The van der Waals surface area contributed by atoms with Gasteiger partial charge in [0, 0.05) is 61.3 Å². The predicted molar refractivity (Wildman–Crippen MR) is 125 cm³/mol. The smallest absolute Gasteiger partial charge is 0.185 e. The van der Waals surface area contributed by atoms with E-state index in [1.165, 1.54) is 0 Å². The second-order valence-electron chi connectivity index (χ2n) is 7.15. The minimum atomic E-state index is 0.693. The van der Waals surface area contributed by atoms with Crippen LogP contribution in [0.25, 0.3) is 17.1 Å². The maximum atomic E-state index is 6.10. The monoisotopic (exact) mass is 435 g/mol. The summed E-state index contributed by atoms with van der Waals surface area (Å²) in [6.07, 6.45) is 7.56. The SMILES string of the molecule is Cc1ccc(-c2cn(CCN(C)c3ccncc3)c(=S)n2-c2ccc(Cl)cc2)nc1. The topological polar surface area (TPSA) is 38.9 Å². The van der Waals surface area contributed by atoms with Crippen molar-refractivity contribution in [3.05, 3.63) is 88.7 Å². The number of likely N-dealkylation sites (N-methyl/N-ethyl adjacent to an activating group) is 1. The summed E-state index contributed by atoms with van der Waals surface area (Å²) in [7, 11) is 2.07. The van der Waals surface area contributed by atoms with E-state index >= 15 is 0 Å². The van der Waals surface area contributed by atoms with Crippen molar-refractivity contribution in [3.63, 3.8) is 0 Å². The van der Waals surface area contributed by atoms with Crippen molar-refractivity contribution in [2.75, 3.05) is 18.5 Å². The van der Waals surface area contributed by atoms with Crippen LogP contribution in [-0.4, -0.2) is 32.7 Å². The number of pyridine rings is 2. The van der Waals surface area contributed by atoms with Gasteiger partial charge in [0.05, 0.1) is 11.4 Å². The first-order valence-electron chi connectivity index (χ1n) is 9.65. The highest BCUT2D eigenvalue weighted by Crippen LogP contribution is 2.25. The van der Waals surface area contributed by atoms with Crippen LogP contribution in [0, 0.1) is 11.7 Å². The second-order valence-corrected chi connectivity index (χ2v) is 7.95. The molecule has 3 aromatic heterocycles. The summed E-state index contributed by atoms with van der Waals surface area (Å²) in [5, 5.41) is 0.693. The van der Waals surface area contributed by atoms with Gasteiger partial charge in [0.15, 0.2) is 4.77 Å². The van der Waals surface area contributed by atoms with Crippen LogP contribution in [0.2, 0.25) is 5.02 Å². The molecule has 0 atom stereocenters. The molecule has 0 amide bonds.